The van der Waals surface area contributed by atoms with Crippen molar-refractivity contribution in [3.8, 4) is 22.6 Å². The van der Waals surface area contributed by atoms with Crippen LogP contribution < -0.4 is 5.73 Å². The zero-order valence-electron chi connectivity index (χ0n) is 23.9. The molecule has 10 heteroatoms. The number of fused-ring (bicyclic) bond motifs is 1. The van der Waals surface area contributed by atoms with E-state index in [2.05, 4.69) is 33.9 Å². The fourth-order valence-electron chi connectivity index (χ4n) is 5.84. The number of aromatic nitrogens is 7. The maximum absolute atomic E-state index is 11.0. The average Bonchev–Trinajstić information content (AvgIpc) is 3.88. The lowest BCUT2D eigenvalue weighted by atomic mass is 10.0. The van der Waals surface area contributed by atoms with E-state index in [9.17, 15) is 5.11 Å². The molecule has 2 saturated carbocycles. The summed E-state index contributed by atoms with van der Waals surface area (Å²) in [5.74, 6) is 2.46. The highest BCUT2D eigenvalue weighted by molar-refractivity contribution is 5.97. The number of anilines is 1. The van der Waals surface area contributed by atoms with Gasteiger partial charge in [-0.05, 0) is 44.2 Å². The zero-order chi connectivity index (χ0) is 28.4. The van der Waals surface area contributed by atoms with Gasteiger partial charge in [0, 0.05) is 90.6 Å². The van der Waals surface area contributed by atoms with Crippen molar-refractivity contribution in [1.29, 1.82) is 0 Å². The number of nitrogens with zero attached hydrogens (tertiary/aromatic N) is 8. The maximum atomic E-state index is 11.0. The average molecular weight is 550 g/mol. The van der Waals surface area contributed by atoms with Crippen molar-refractivity contribution in [3.05, 3.63) is 59.2 Å². The Morgan fingerprint density at radius 2 is 1.83 bits per heavy atom. The van der Waals surface area contributed by atoms with Gasteiger partial charge in [0.2, 0.25) is 0 Å². The predicted octanol–water partition coefficient (Wildman–Crippen LogP) is 5.30. The van der Waals surface area contributed by atoms with Gasteiger partial charge in [-0.25, -0.2) is 15.0 Å². The van der Waals surface area contributed by atoms with Crippen LogP contribution in [-0.4, -0.2) is 45.4 Å². The van der Waals surface area contributed by atoms with E-state index in [1.165, 1.54) is 18.5 Å². The molecule has 2 aliphatic rings. The van der Waals surface area contributed by atoms with Crippen LogP contribution in [0.1, 0.15) is 79.6 Å². The number of nitrogen functional groups attached to an aromatic ring is 1. The summed E-state index contributed by atoms with van der Waals surface area (Å²) in [7, 11) is 5.91. The maximum Gasteiger partial charge on any atom is 0.181 e. The summed E-state index contributed by atoms with van der Waals surface area (Å²) >= 11 is 0. The number of imidazole rings is 1. The fraction of sp³-hybridized carbons (Fsp3) is 0.387. The summed E-state index contributed by atoms with van der Waals surface area (Å²) in [5.41, 5.74) is 14.3. The molecule has 1 atom stereocenters. The van der Waals surface area contributed by atoms with E-state index in [-0.39, 0.29) is 0 Å². The molecule has 0 aliphatic heterocycles. The number of aryl methyl sites for hydroxylation is 2. The van der Waals surface area contributed by atoms with Crippen LogP contribution in [0.5, 0.6) is 0 Å². The minimum absolute atomic E-state index is 0.411. The van der Waals surface area contributed by atoms with Gasteiger partial charge in [-0.2, -0.15) is 10.2 Å². The van der Waals surface area contributed by atoms with Gasteiger partial charge in [0.05, 0.1) is 17.5 Å². The Balaban J connectivity index is 1.37. The van der Waals surface area contributed by atoms with Crippen LogP contribution in [0.25, 0.3) is 33.7 Å². The highest BCUT2D eigenvalue weighted by atomic mass is 16.3. The molecule has 3 N–H and O–H groups in total. The molecule has 0 bridgehead atoms. The van der Waals surface area contributed by atoms with E-state index in [4.69, 9.17) is 20.7 Å². The second kappa shape index (κ2) is 9.66. The van der Waals surface area contributed by atoms with Crippen LogP contribution in [0.2, 0.25) is 0 Å². The minimum Gasteiger partial charge on any atom is -0.398 e. The Morgan fingerprint density at radius 1 is 1.05 bits per heavy atom. The summed E-state index contributed by atoms with van der Waals surface area (Å²) in [4.78, 5) is 14.8. The van der Waals surface area contributed by atoms with Crippen molar-refractivity contribution in [1.82, 2.24) is 34.1 Å². The SMILES string of the molecule is CCC(O)c1nc2nn(C)cc2cc1-c1nc(-c2cccc(N)c2C=Nc2cc(C3CC3)n(C)n2)c(C2CC2)n1C. The number of hydrogen-bond acceptors (Lipinski definition) is 7. The molecule has 0 amide bonds. The molecule has 0 spiro atoms. The predicted molar refractivity (Wildman–Crippen MR) is 160 cm³/mol. The zero-order valence-corrected chi connectivity index (χ0v) is 23.9. The first-order valence-electron chi connectivity index (χ1n) is 14.4. The monoisotopic (exact) mass is 549 g/mol. The Morgan fingerprint density at radius 3 is 2.56 bits per heavy atom. The number of hydrogen-bond donors (Lipinski definition) is 2. The second-order valence-corrected chi connectivity index (χ2v) is 11.5. The molecule has 41 heavy (non-hydrogen) atoms. The highest BCUT2D eigenvalue weighted by Gasteiger charge is 2.34. The first-order chi connectivity index (χ1) is 19.8. The highest BCUT2D eigenvalue weighted by Crippen LogP contribution is 2.47. The van der Waals surface area contributed by atoms with Crippen LogP contribution >= 0.6 is 0 Å². The topological polar surface area (TPSA) is 125 Å². The first-order valence-corrected chi connectivity index (χ1v) is 14.4. The number of aliphatic hydroxyl groups is 1. The van der Waals surface area contributed by atoms with E-state index in [0.29, 0.717) is 41.1 Å². The number of benzene rings is 1. The molecule has 4 aromatic heterocycles. The van der Waals surface area contributed by atoms with Gasteiger partial charge in [0.1, 0.15) is 5.82 Å². The van der Waals surface area contributed by atoms with Crippen LogP contribution in [0, 0.1) is 0 Å². The Hall–Kier alpha value is -4.31. The number of nitrogens with two attached hydrogens (primary N) is 1. The minimum atomic E-state index is -0.727. The van der Waals surface area contributed by atoms with E-state index in [0.717, 1.165) is 52.1 Å². The summed E-state index contributed by atoms with van der Waals surface area (Å²) in [6.45, 7) is 1.95. The molecular weight excluding hydrogens is 514 g/mol. The van der Waals surface area contributed by atoms with Crippen molar-refractivity contribution in [2.75, 3.05) is 5.73 Å². The van der Waals surface area contributed by atoms with E-state index in [1.54, 1.807) is 4.68 Å². The third-order valence-corrected chi connectivity index (χ3v) is 8.31. The molecule has 1 unspecified atom stereocenters. The number of pyridine rings is 1. The Labute approximate surface area is 238 Å². The van der Waals surface area contributed by atoms with Gasteiger partial charge in [0.25, 0.3) is 0 Å². The van der Waals surface area contributed by atoms with Crippen LogP contribution in [0.15, 0.2) is 41.5 Å². The molecule has 5 aromatic rings. The van der Waals surface area contributed by atoms with Crippen molar-refractivity contribution in [2.45, 2.75) is 57.0 Å². The summed E-state index contributed by atoms with van der Waals surface area (Å²) in [6.07, 6.45) is 8.23. The quantitative estimate of drug-likeness (QED) is 0.200. The third kappa shape index (κ3) is 4.52. The molecule has 2 aliphatic carbocycles. The van der Waals surface area contributed by atoms with Crippen LogP contribution in [0.3, 0.4) is 0 Å². The van der Waals surface area contributed by atoms with E-state index < -0.39 is 6.10 Å². The fourth-order valence-corrected chi connectivity index (χ4v) is 5.84. The molecule has 0 radical (unpaired) electrons. The Bertz CT molecular complexity index is 1820. The summed E-state index contributed by atoms with van der Waals surface area (Å²) in [6, 6.07) is 10.0. The number of aliphatic hydroxyl groups excluding tert-OH is 1. The lowest BCUT2D eigenvalue weighted by Gasteiger charge is -2.13. The third-order valence-electron chi connectivity index (χ3n) is 8.31. The smallest absolute Gasteiger partial charge is 0.181 e. The van der Waals surface area contributed by atoms with Gasteiger partial charge in [-0.1, -0.05) is 19.1 Å². The van der Waals surface area contributed by atoms with Crippen LogP contribution in [0.4, 0.5) is 11.5 Å². The molecule has 10 nitrogen and oxygen atoms in total. The molecular formula is C31H35N9O. The molecule has 1 aromatic carbocycles. The van der Waals surface area contributed by atoms with Crippen molar-refractivity contribution in [2.24, 2.45) is 26.1 Å². The summed E-state index contributed by atoms with van der Waals surface area (Å²) in [5, 5.41) is 21.0. The largest absolute Gasteiger partial charge is 0.398 e. The van der Waals surface area contributed by atoms with Crippen molar-refractivity contribution < 1.29 is 5.11 Å². The lowest BCUT2D eigenvalue weighted by molar-refractivity contribution is 0.170. The number of aliphatic imine (C=N–C) groups is 1. The van der Waals surface area contributed by atoms with Crippen molar-refractivity contribution in [3.63, 3.8) is 0 Å². The molecule has 2 fully saturated rings. The van der Waals surface area contributed by atoms with Gasteiger partial charge < -0.3 is 15.4 Å². The van der Waals surface area contributed by atoms with Gasteiger partial charge >= 0.3 is 0 Å². The normalized spacial score (nSPS) is 16.3. The molecule has 4 heterocycles. The number of rotatable bonds is 8. The molecule has 7 rings (SSSR count). The molecule has 210 valence electrons. The van der Waals surface area contributed by atoms with E-state index >= 15 is 0 Å². The van der Waals surface area contributed by atoms with Gasteiger partial charge in [-0.15, -0.1) is 0 Å². The molecule has 0 saturated heterocycles. The Kier molecular flexibility index (Phi) is 6.04. The standard InChI is InChI=1S/C31H35N9O/c1-5-25(41)27-21(13-19-16-38(2)37-30(19)34-27)31-35-28(29(39(31)3)18-11-12-18)20-7-6-8-23(32)22(20)15-33-26-14-24(17-9-10-17)40(4)36-26/h6-8,13-18,25,41H,5,9-12,32H2,1-4H3. The van der Waals surface area contributed by atoms with Gasteiger partial charge in [0.15, 0.2) is 11.5 Å². The first kappa shape index (κ1) is 25.6. The lowest BCUT2D eigenvalue weighted by Crippen LogP contribution is -2.06. The summed E-state index contributed by atoms with van der Waals surface area (Å²) < 4.78 is 5.85. The van der Waals surface area contributed by atoms with Gasteiger partial charge in [-0.3, -0.25) is 9.36 Å². The van der Waals surface area contributed by atoms with E-state index in [1.807, 2.05) is 56.3 Å². The second-order valence-electron chi connectivity index (χ2n) is 11.5. The van der Waals surface area contributed by atoms with Crippen molar-refractivity contribution >= 4 is 28.8 Å². The van der Waals surface area contributed by atoms with Crippen LogP contribution in [-0.2, 0) is 21.1 Å².